The van der Waals surface area contributed by atoms with Crippen LogP contribution in [-0.2, 0) is 24.1 Å². The molecule has 0 spiro atoms. The van der Waals surface area contributed by atoms with Crippen molar-refractivity contribution >= 4 is 23.4 Å². The summed E-state index contributed by atoms with van der Waals surface area (Å²) in [4.78, 5) is 24.0. The summed E-state index contributed by atoms with van der Waals surface area (Å²) < 4.78 is 0. The van der Waals surface area contributed by atoms with Crippen molar-refractivity contribution in [1.82, 2.24) is 20.8 Å². The van der Waals surface area contributed by atoms with E-state index in [9.17, 15) is 9.59 Å². The van der Waals surface area contributed by atoms with E-state index in [1.165, 1.54) is 24.1 Å². The van der Waals surface area contributed by atoms with Gasteiger partial charge in [-0.05, 0) is 43.4 Å². The lowest BCUT2D eigenvalue weighted by Crippen LogP contribution is -2.34. The zero-order valence-corrected chi connectivity index (χ0v) is 15.4. The highest BCUT2D eigenvalue weighted by Crippen LogP contribution is 2.22. The quantitative estimate of drug-likeness (QED) is 0.650. The molecule has 6 nitrogen and oxygen atoms in total. The molecule has 0 radical (unpaired) electrons. The minimum absolute atomic E-state index is 0.0375. The monoisotopic (exact) mass is 374 g/mol. The van der Waals surface area contributed by atoms with Gasteiger partial charge < -0.3 is 10.6 Å². The Morgan fingerprint density at radius 2 is 1.88 bits per heavy atom. The van der Waals surface area contributed by atoms with E-state index in [4.69, 9.17) is 11.6 Å². The summed E-state index contributed by atoms with van der Waals surface area (Å²) in [5.74, 6) is -0.280. The first kappa shape index (κ1) is 18.5. The van der Waals surface area contributed by atoms with Gasteiger partial charge in [0.15, 0.2) is 0 Å². The Hall–Kier alpha value is -2.34. The van der Waals surface area contributed by atoms with Crippen LogP contribution in [0.1, 0.15) is 46.6 Å². The van der Waals surface area contributed by atoms with Crippen molar-refractivity contribution in [2.45, 2.75) is 38.5 Å². The van der Waals surface area contributed by atoms with Crippen molar-refractivity contribution < 1.29 is 9.59 Å². The lowest BCUT2D eigenvalue weighted by Gasteiger charge is -2.11. The van der Waals surface area contributed by atoms with E-state index in [2.05, 4.69) is 20.8 Å². The van der Waals surface area contributed by atoms with E-state index in [0.29, 0.717) is 36.5 Å². The molecule has 1 aromatic heterocycles. The van der Waals surface area contributed by atoms with Crippen LogP contribution in [0.2, 0.25) is 5.02 Å². The number of rotatable bonds is 7. The minimum Gasteiger partial charge on any atom is -0.354 e. The highest BCUT2D eigenvalue weighted by Gasteiger charge is 2.17. The van der Waals surface area contributed by atoms with Crippen molar-refractivity contribution in [2.75, 3.05) is 13.1 Å². The number of aromatic amines is 1. The number of aromatic nitrogens is 2. The fraction of sp³-hybridized carbons (Fsp3) is 0.421. The largest absolute Gasteiger partial charge is 0.354 e. The molecule has 138 valence electrons. The topological polar surface area (TPSA) is 86.9 Å². The summed E-state index contributed by atoms with van der Waals surface area (Å²) in [6.45, 7) is 0.737. The number of hydrogen-bond donors (Lipinski definition) is 3. The number of H-pyrrole nitrogens is 1. The third kappa shape index (κ3) is 4.64. The van der Waals surface area contributed by atoms with Crippen LogP contribution in [0.25, 0.3) is 0 Å². The average Bonchev–Trinajstić information content (AvgIpc) is 3.07. The molecule has 3 N–H and O–H groups in total. The number of halogens is 1. The molecule has 1 aromatic carbocycles. The maximum absolute atomic E-state index is 12.0. The van der Waals surface area contributed by atoms with E-state index in [-0.39, 0.29) is 11.8 Å². The van der Waals surface area contributed by atoms with Gasteiger partial charge in [-0.15, -0.1) is 0 Å². The molecule has 1 heterocycles. The number of nitrogens with one attached hydrogen (secondary N) is 3. The van der Waals surface area contributed by atoms with Gasteiger partial charge in [0.25, 0.3) is 5.91 Å². The number of fused-ring (bicyclic) bond motifs is 1. The molecule has 0 saturated heterocycles. The van der Waals surface area contributed by atoms with Gasteiger partial charge in [-0.1, -0.05) is 23.7 Å². The lowest BCUT2D eigenvalue weighted by molar-refractivity contribution is -0.121. The van der Waals surface area contributed by atoms with E-state index < -0.39 is 0 Å². The Kier molecular flexibility index (Phi) is 6.28. The molecule has 7 heteroatoms. The molecule has 3 rings (SSSR count). The van der Waals surface area contributed by atoms with Crippen LogP contribution in [0, 0.1) is 0 Å². The Balaban J connectivity index is 1.36. The smallest absolute Gasteiger partial charge is 0.252 e. The number of carbonyl (C=O) groups is 2. The van der Waals surface area contributed by atoms with Crippen LogP contribution in [-0.4, -0.2) is 35.1 Å². The highest BCUT2D eigenvalue weighted by molar-refractivity contribution is 6.33. The van der Waals surface area contributed by atoms with Crippen molar-refractivity contribution in [3.63, 3.8) is 0 Å². The van der Waals surface area contributed by atoms with Crippen LogP contribution < -0.4 is 10.6 Å². The molecule has 0 saturated carbocycles. The number of amides is 2. The van der Waals surface area contributed by atoms with Crippen molar-refractivity contribution in [1.29, 1.82) is 0 Å². The fourth-order valence-electron chi connectivity index (χ4n) is 3.20. The standard InChI is InChI=1S/C19H23ClN4O2/c20-15-7-3-1-5-13(15)19(26)22-12-11-21-18(25)10-9-17-14-6-2-4-8-16(14)23-24-17/h1,3,5,7H,2,4,6,8-12H2,(H,21,25)(H,22,26)(H,23,24). The predicted octanol–water partition coefficient (Wildman–Crippen LogP) is 2.42. The molecule has 0 bridgehead atoms. The van der Waals surface area contributed by atoms with Crippen LogP contribution >= 0.6 is 11.6 Å². The first-order valence-corrected chi connectivity index (χ1v) is 9.37. The molecule has 0 unspecified atom stereocenters. The first-order valence-electron chi connectivity index (χ1n) is 8.99. The van der Waals surface area contributed by atoms with E-state index in [0.717, 1.165) is 18.5 Å². The summed E-state index contributed by atoms with van der Waals surface area (Å²) in [6, 6.07) is 6.87. The second-order valence-corrected chi connectivity index (χ2v) is 6.83. The second kappa shape index (κ2) is 8.85. The molecule has 1 aliphatic rings. The zero-order chi connectivity index (χ0) is 18.4. The summed E-state index contributed by atoms with van der Waals surface area (Å²) in [6.07, 6.45) is 5.54. The first-order chi connectivity index (χ1) is 12.6. The second-order valence-electron chi connectivity index (χ2n) is 6.42. The molecule has 0 fully saturated rings. The number of aryl methyl sites for hydroxylation is 2. The molecule has 2 aromatic rings. The van der Waals surface area contributed by atoms with Crippen LogP contribution in [0.4, 0.5) is 0 Å². The number of nitrogens with zero attached hydrogens (tertiary/aromatic N) is 1. The molecular formula is C19H23ClN4O2. The Morgan fingerprint density at radius 1 is 1.12 bits per heavy atom. The molecule has 2 amide bonds. The molecule has 26 heavy (non-hydrogen) atoms. The van der Waals surface area contributed by atoms with Crippen LogP contribution in [0.15, 0.2) is 24.3 Å². The minimum atomic E-state index is -0.243. The van der Waals surface area contributed by atoms with Crippen molar-refractivity contribution in [3.8, 4) is 0 Å². The predicted molar refractivity (Wildman–Crippen MR) is 100 cm³/mol. The Bertz CT molecular complexity index is 788. The summed E-state index contributed by atoms with van der Waals surface area (Å²) >= 11 is 5.98. The van der Waals surface area contributed by atoms with E-state index in [1.54, 1.807) is 24.3 Å². The van der Waals surface area contributed by atoms with Crippen molar-refractivity contribution in [3.05, 3.63) is 51.8 Å². The van der Waals surface area contributed by atoms with Crippen LogP contribution in [0.5, 0.6) is 0 Å². The zero-order valence-electron chi connectivity index (χ0n) is 14.6. The normalized spacial score (nSPS) is 13.1. The fourth-order valence-corrected chi connectivity index (χ4v) is 3.42. The third-order valence-corrected chi connectivity index (χ3v) is 4.91. The molecule has 1 aliphatic carbocycles. The van der Waals surface area contributed by atoms with Gasteiger partial charge >= 0.3 is 0 Å². The van der Waals surface area contributed by atoms with Gasteiger partial charge in [0.05, 0.1) is 16.3 Å². The Morgan fingerprint density at radius 3 is 2.73 bits per heavy atom. The van der Waals surface area contributed by atoms with Gasteiger partial charge in [0, 0.05) is 31.6 Å². The maximum atomic E-state index is 12.0. The highest BCUT2D eigenvalue weighted by atomic mass is 35.5. The van der Waals surface area contributed by atoms with Gasteiger partial charge in [-0.25, -0.2) is 0 Å². The van der Waals surface area contributed by atoms with Gasteiger partial charge in [-0.2, -0.15) is 5.10 Å². The third-order valence-electron chi connectivity index (χ3n) is 4.58. The Labute approximate surface area is 157 Å². The average molecular weight is 375 g/mol. The molecule has 0 atom stereocenters. The maximum Gasteiger partial charge on any atom is 0.252 e. The van der Waals surface area contributed by atoms with Crippen LogP contribution in [0.3, 0.4) is 0 Å². The van der Waals surface area contributed by atoms with E-state index >= 15 is 0 Å². The lowest BCUT2D eigenvalue weighted by atomic mass is 9.95. The summed E-state index contributed by atoms with van der Waals surface area (Å²) in [5.41, 5.74) is 3.98. The van der Waals surface area contributed by atoms with Gasteiger partial charge in [0.1, 0.15) is 0 Å². The van der Waals surface area contributed by atoms with Gasteiger partial charge in [-0.3, -0.25) is 14.7 Å². The van der Waals surface area contributed by atoms with Crippen molar-refractivity contribution in [2.24, 2.45) is 0 Å². The number of hydrogen-bond acceptors (Lipinski definition) is 3. The van der Waals surface area contributed by atoms with Gasteiger partial charge in [0.2, 0.25) is 5.91 Å². The number of carbonyl (C=O) groups excluding carboxylic acids is 2. The van der Waals surface area contributed by atoms with E-state index in [1.807, 2.05) is 0 Å². The molecule has 0 aliphatic heterocycles. The molecular weight excluding hydrogens is 352 g/mol. The summed E-state index contributed by atoms with van der Waals surface area (Å²) in [5, 5.41) is 13.4. The summed E-state index contributed by atoms with van der Waals surface area (Å²) in [7, 11) is 0. The SMILES string of the molecule is O=C(CCc1n[nH]c2c1CCCC2)NCCNC(=O)c1ccccc1Cl. The number of benzene rings is 1.